The molecule has 1 aliphatic carbocycles. The Morgan fingerprint density at radius 3 is 2.42 bits per heavy atom. The standard InChI is InChI=1S/C17H34N2/c1-4-11-18-16-9-7-5-6-8-10-17(16)19-13-14(2)12-15(19)3/h14-18H,4-13H2,1-3H3. The summed E-state index contributed by atoms with van der Waals surface area (Å²) >= 11 is 0. The van der Waals surface area contributed by atoms with Gasteiger partial charge >= 0.3 is 0 Å². The van der Waals surface area contributed by atoms with Crippen molar-refractivity contribution in [2.45, 2.75) is 90.3 Å². The summed E-state index contributed by atoms with van der Waals surface area (Å²) in [4.78, 5) is 2.84. The highest BCUT2D eigenvalue weighted by Gasteiger charge is 2.35. The molecule has 0 aromatic rings. The highest BCUT2D eigenvalue weighted by molar-refractivity contribution is 4.92. The Hall–Kier alpha value is -0.0800. The van der Waals surface area contributed by atoms with E-state index >= 15 is 0 Å². The lowest BCUT2D eigenvalue weighted by molar-refractivity contribution is 0.125. The molecule has 0 bridgehead atoms. The van der Waals surface area contributed by atoms with Crippen LogP contribution < -0.4 is 5.32 Å². The molecule has 0 aromatic heterocycles. The van der Waals surface area contributed by atoms with Crippen molar-refractivity contribution in [1.29, 1.82) is 0 Å². The van der Waals surface area contributed by atoms with Gasteiger partial charge in [-0.05, 0) is 45.1 Å². The molecule has 2 aliphatic rings. The second-order valence-electron chi connectivity index (χ2n) is 7.01. The van der Waals surface area contributed by atoms with Crippen LogP contribution in [-0.4, -0.2) is 36.1 Å². The van der Waals surface area contributed by atoms with E-state index in [1.165, 1.54) is 64.5 Å². The third kappa shape index (κ3) is 4.19. The van der Waals surface area contributed by atoms with Gasteiger partial charge in [0.05, 0.1) is 0 Å². The number of rotatable bonds is 4. The highest BCUT2D eigenvalue weighted by atomic mass is 15.2. The van der Waals surface area contributed by atoms with E-state index in [9.17, 15) is 0 Å². The summed E-state index contributed by atoms with van der Waals surface area (Å²) in [6, 6.07) is 2.34. The fourth-order valence-corrected chi connectivity index (χ4v) is 4.22. The van der Waals surface area contributed by atoms with Gasteiger partial charge in [0.25, 0.3) is 0 Å². The smallest absolute Gasteiger partial charge is 0.0252 e. The quantitative estimate of drug-likeness (QED) is 0.832. The van der Waals surface area contributed by atoms with Crippen molar-refractivity contribution in [3.8, 4) is 0 Å². The van der Waals surface area contributed by atoms with Crippen molar-refractivity contribution in [3.63, 3.8) is 0 Å². The minimum absolute atomic E-state index is 0.744. The van der Waals surface area contributed by atoms with Gasteiger partial charge in [0.1, 0.15) is 0 Å². The number of hydrogen-bond donors (Lipinski definition) is 1. The summed E-state index contributed by atoms with van der Waals surface area (Å²) in [5.74, 6) is 0.896. The average molecular weight is 266 g/mol. The van der Waals surface area contributed by atoms with Crippen LogP contribution in [0.15, 0.2) is 0 Å². The fraction of sp³-hybridized carbons (Fsp3) is 1.00. The monoisotopic (exact) mass is 266 g/mol. The molecule has 1 saturated carbocycles. The summed E-state index contributed by atoms with van der Waals surface area (Å²) < 4.78 is 0. The summed E-state index contributed by atoms with van der Waals surface area (Å²) in [6.07, 6.45) is 11.2. The third-order valence-electron chi connectivity index (χ3n) is 5.14. The van der Waals surface area contributed by atoms with Crippen molar-refractivity contribution in [3.05, 3.63) is 0 Å². The van der Waals surface area contributed by atoms with Gasteiger partial charge in [0, 0.05) is 24.7 Å². The van der Waals surface area contributed by atoms with Gasteiger partial charge in [-0.25, -0.2) is 0 Å². The van der Waals surface area contributed by atoms with Gasteiger partial charge in [-0.2, -0.15) is 0 Å². The Morgan fingerprint density at radius 1 is 1.05 bits per heavy atom. The Bertz CT molecular complexity index is 252. The Labute approximate surface area is 120 Å². The van der Waals surface area contributed by atoms with Crippen LogP contribution in [-0.2, 0) is 0 Å². The van der Waals surface area contributed by atoms with Crippen molar-refractivity contribution in [1.82, 2.24) is 10.2 Å². The SMILES string of the molecule is CCCNC1CCCCCCC1N1CC(C)CC1C. The first kappa shape index (κ1) is 15.3. The van der Waals surface area contributed by atoms with Crippen LogP contribution >= 0.6 is 0 Å². The van der Waals surface area contributed by atoms with E-state index in [0.29, 0.717) is 0 Å². The van der Waals surface area contributed by atoms with Crippen LogP contribution in [0, 0.1) is 5.92 Å². The number of hydrogen-bond acceptors (Lipinski definition) is 2. The molecule has 19 heavy (non-hydrogen) atoms. The van der Waals surface area contributed by atoms with Crippen LogP contribution in [0.4, 0.5) is 0 Å². The van der Waals surface area contributed by atoms with Gasteiger partial charge in [-0.1, -0.05) is 39.5 Å². The normalized spacial score (nSPS) is 38.1. The highest BCUT2D eigenvalue weighted by Crippen LogP contribution is 2.30. The van der Waals surface area contributed by atoms with Crippen molar-refractivity contribution < 1.29 is 0 Å². The summed E-state index contributed by atoms with van der Waals surface area (Å²) in [6.45, 7) is 9.67. The maximum absolute atomic E-state index is 3.86. The van der Waals surface area contributed by atoms with Gasteiger partial charge in [0.2, 0.25) is 0 Å². The topological polar surface area (TPSA) is 15.3 Å². The molecule has 2 rings (SSSR count). The lowest BCUT2D eigenvalue weighted by Crippen LogP contribution is -2.52. The van der Waals surface area contributed by atoms with E-state index in [-0.39, 0.29) is 0 Å². The predicted molar refractivity (Wildman–Crippen MR) is 83.5 cm³/mol. The first-order valence-electron chi connectivity index (χ1n) is 8.71. The average Bonchev–Trinajstić information content (AvgIpc) is 2.67. The van der Waals surface area contributed by atoms with Gasteiger partial charge in [-0.3, -0.25) is 4.90 Å². The van der Waals surface area contributed by atoms with E-state index in [0.717, 1.165) is 24.0 Å². The Balaban J connectivity index is 2.01. The Morgan fingerprint density at radius 2 is 1.79 bits per heavy atom. The molecule has 1 aliphatic heterocycles. The molecular formula is C17H34N2. The first-order chi connectivity index (χ1) is 9.22. The van der Waals surface area contributed by atoms with Crippen LogP contribution in [0.1, 0.15) is 72.1 Å². The van der Waals surface area contributed by atoms with Gasteiger partial charge in [-0.15, -0.1) is 0 Å². The van der Waals surface area contributed by atoms with E-state index in [2.05, 4.69) is 31.0 Å². The molecule has 4 unspecified atom stereocenters. The number of nitrogens with one attached hydrogen (secondary N) is 1. The largest absolute Gasteiger partial charge is 0.312 e. The summed E-state index contributed by atoms with van der Waals surface area (Å²) in [7, 11) is 0. The molecule has 0 amide bonds. The first-order valence-corrected chi connectivity index (χ1v) is 8.71. The van der Waals surface area contributed by atoms with Crippen LogP contribution in [0.3, 0.4) is 0 Å². The fourth-order valence-electron chi connectivity index (χ4n) is 4.22. The third-order valence-corrected chi connectivity index (χ3v) is 5.14. The van der Waals surface area contributed by atoms with Crippen LogP contribution in [0.25, 0.3) is 0 Å². The lowest BCUT2D eigenvalue weighted by atomic mass is 9.90. The van der Waals surface area contributed by atoms with Crippen LogP contribution in [0.5, 0.6) is 0 Å². The molecule has 2 heteroatoms. The molecule has 1 saturated heterocycles. The maximum atomic E-state index is 3.86. The minimum Gasteiger partial charge on any atom is -0.312 e. The van der Waals surface area contributed by atoms with E-state index in [1.54, 1.807) is 0 Å². The van der Waals surface area contributed by atoms with Crippen LogP contribution in [0.2, 0.25) is 0 Å². The molecule has 2 nitrogen and oxygen atoms in total. The van der Waals surface area contributed by atoms with E-state index < -0.39 is 0 Å². The zero-order valence-electron chi connectivity index (χ0n) is 13.3. The Kier molecular flexibility index (Phi) is 6.15. The van der Waals surface area contributed by atoms with Crippen molar-refractivity contribution in [2.75, 3.05) is 13.1 Å². The number of likely N-dealkylation sites (tertiary alicyclic amines) is 1. The zero-order chi connectivity index (χ0) is 13.7. The van der Waals surface area contributed by atoms with Crippen molar-refractivity contribution in [2.24, 2.45) is 5.92 Å². The molecule has 1 N–H and O–H groups in total. The molecule has 112 valence electrons. The van der Waals surface area contributed by atoms with Gasteiger partial charge < -0.3 is 5.32 Å². The van der Waals surface area contributed by atoms with E-state index in [4.69, 9.17) is 0 Å². The minimum atomic E-state index is 0.744. The van der Waals surface area contributed by atoms with Gasteiger partial charge in [0.15, 0.2) is 0 Å². The molecule has 4 atom stereocenters. The molecular weight excluding hydrogens is 232 g/mol. The maximum Gasteiger partial charge on any atom is 0.0252 e. The number of nitrogens with zero attached hydrogens (tertiary/aromatic N) is 1. The molecule has 2 fully saturated rings. The van der Waals surface area contributed by atoms with Crippen molar-refractivity contribution >= 4 is 0 Å². The molecule has 0 radical (unpaired) electrons. The molecule has 1 heterocycles. The molecule has 0 spiro atoms. The second kappa shape index (κ2) is 7.64. The predicted octanol–water partition coefficient (Wildman–Crippen LogP) is 3.81. The summed E-state index contributed by atoms with van der Waals surface area (Å²) in [5.41, 5.74) is 0. The lowest BCUT2D eigenvalue weighted by Gasteiger charge is -2.39. The van der Waals surface area contributed by atoms with E-state index in [1.807, 2.05) is 0 Å². The zero-order valence-corrected chi connectivity index (χ0v) is 13.3. The second-order valence-corrected chi connectivity index (χ2v) is 7.01. The summed E-state index contributed by atoms with van der Waals surface area (Å²) in [5, 5.41) is 3.86. The molecule has 0 aromatic carbocycles.